The van der Waals surface area contributed by atoms with Crippen LogP contribution in [0.2, 0.25) is 0 Å². The molecule has 5 rings (SSSR count). The molecule has 2 unspecified atom stereocenters. The number of hydrogen-bond donors (Lipinski definition) is 4. The highest BCUT2D eigenvalue weighted by Crippen LogP contribution is 2.38. The summed E-state index contributed by atoms with van der Waals surface area (Å²) in [6.07, 6.45) is 3.35. The van der Waals surface area contributed by atoms with E-state index in [-0.39, 0.29) is 29.6 Å². The SMILES string of the molecule is CC(C)(C)OC(=O)NCC1CCC(C(=O)N2CCC(c3ccccc3)C2C(=O)Nc2ccc3[nH]c(C(N)=O)cc3c2)CC1. The van der Waals surface area contributed by atoms with Crippen molar-refractivity contribution in [3.8, 4) is 0 Å². The number of amides is 4. The quantitative estimate of drug-likeness (QED) is 0.310. The van der Waals surface area contributed by atoms with Crippen LogP contribution in [0.25, 0.3) is 10.9 Å². The molecule has 1 saturated heterocycles. The minimum absolute atomic E-state index is 0.0179. The first kappa shape index (κ1) is 30.1. The van der Waals surface area contributed by atoms with E-state index in [1.54, 1.807) is 29.2 Å². The molecule has 1 saturated carbocycles. The highest BCUT2D eigenvalue weighted by Gasteiger charge is 2.44. The van der Waals surface area contributed by atoms with Crippen LogP contribution in [0.1, 0.15) is 74.8 Å². The van der Waals surface area contributed by atoms with Crippen LogP contribution in [0.5, 0.6) is 0 Å². The number of H-pyrrole nitrogens is 1. The van der Waals surface area contributed by atoms with Gasteiger partial charge in [0.15, 0.2) is 0 Å². The molecule has 10 heteroatoms. The van der Waals surface area contributed by atoms with Gasteiger partial charge in [-0.25, -0.2) is 4.79 Å². The van der Waals surface area contributed by atoms with Gasteiger partial charge in [-0.2, -0.15) is 0 Å². The summed E-state index contributed by atoms with van der Waals surface area (Å²) in [5.41, 5.74) is 7.51. The molecule has 10 nitrogen and oxygen atoms in total. The van der Waals surface area contributed by atoms with Gasteiger partial charge in [-0.3, -0.25) is 14.4 Å². The number of aromatic amines is 1. The van der Waals surface area contributed by atoms with Crippen LogP contribution < -0.4 is 16.4 Å². The van der Waals surface area contributed by atoms with Gasteiger partial charge in [0.25, 0.3) is 5.91 Å². The van der Waals surface area contributed by atoms with Crippen molar-refractivity contribution in [1.29, 1.82) is 0 Å². The van der Waals surface area contributed by atoms with E-state index < -0.39 is 23.6 Å². The Bertz CT molecular complexity index is 1490. The molecule has 5 N–H and O–H groups in total. The zero-order chi connectivity index (χ0) is 30.7. The van der Waals surface area contributed by atoms with Gasteiger partial charge in [0.1, 0.15) is 17.3 Å². The van der Waals surface area contributed by atoms with E-state index >= 15 is 0 Å². The number of nitrogens with zero attached hydrogens (tertiary/aromatic N) is 1. The summed E-state index contributed by atoms with van der Waals surface area (Å²) >= 11 is 0. The largest absolute Gasteiger partial charge is 0.444 e. The Morgan fingerprint density at radius 3 is 2.37 bits per heavy atom. The maximum absolute atomic E-state index is 13.9. The number of rotatable bonds is 7. The van der Waals surface area contributed by atoms with Crippen LogP contribution in [0.4, 0.5) is 10.5 Å². The van der Waals surface area contributed by atoms with Crippen LogP contribution in [-0.4, -0.2) is 58.4 Å². The zero-order valence-corrected chi connectivity index (χ0v) is 25.0. The molecule has 2 aromatic carbocycles. The minimum Gasteiger partial charge on any atom is -0.444 e. The van der Waals surface area contributed by atoms with Crippen LogP contribution >= 0.6 is 0 Å². The fourth-order valence-corrected chi connectivity index (χ4v) is 6.36. The first-order valence-corrected chi connectivity index (χ1v) is 15.0. The van der Waals surface area contributed by atoms with Crippen LogP contribution in [0.15, 0.2) is 54.6 Å². The summed E-state index contributed by atoms with van der Waals surface area (Å²) in [5, 5.41) is 6.65. The number of benzene rings is 2. The number of carbonyl (C=O) groups excluding carboxylic acids is 4. The molecule has 0 spiro atoms. The molecule has 43 heavy (non-hydrogen) atoms. The van der Waals surface area contributed by atoms with E-state index in [2.05, 4.69) is 15.6 Å². The van der Waals surface area contributed by atoms with Gasteiger partial charge in [-0.1, -0.05) is 30.3 Å². The molecule has 1 aromatic heterocycles. The van der Waals surface area contributed by atoms with Crippen molar-refractivity contribution in [2.45, 2.75) is 70.4 Å². The van der Waals surface area contributed by atoms with Gasteiger partial charge < -0.3 is 31.0 Å². The number of alkyl carbamates (subject to hydrolysis) is 1. The monoisotopic (exact) mass is 587 g/mol. The molecular weight excluding hydrogens is 546 g/mol. The number of nitrogens with two attached hydrogens (primary N) is 1. The fraction of sp³-hybridized carbons (Fsp3) is 0.455. The average molecular weight is 588 g/mol. The Kier molecular flexibility index (Phi) is 8.75. The fourth-order valence-electron chi connectivity index (χ4n) is 6.36. The van der Waals surface area contributed by atoms with Crippen molar-refractivity contribution < 1.29 is 23.9 Å². The third-order valence-electron chi connectivity index (χ3n) is 8.46. The number of hydrogen-bond acceptors (Lipinski definition) is 5. The van der Waals surface area contributed by atoms with Crippen molar-refractivity contribution in [3.05, 3.63) is 65.9 Å². The lowest BCUT2D eigenvalue weighted by Gasteiger charge is -2.34. The maximum Gasteiger partial charge on any atom is 0.407 e. The molecule has 3 aromatic rings. The highest BCUT2D eigenvalue weighted by atomic mass is 16.6. The zero-order valence-electron chi connectivity index (χ0n) is 25.0. The molecule has 2 atom stereocenters. The van der Waals surface area contributed by atoms with Gasteiger partial charge >= 0.3 is 6.09 Å². The number of likely N-dealkylation sites (tertiary alicyclic amines) is 1. The first-order chi connectivity index (χ1) is 20.5. The smallest absolute Gasteiger partial charge is 0.407 e. The second kappa shape index (κ2) is 12.5. The normalized spacial score (nSPS) is 22.3. The average Bonchev–Trinajstić information content (AvgIpc) is 3.61. The molecule has 2 aliphatic rings. The van der Waals surface area contributed by atoms with Crippen LogP contribution in [-0.2, 0) is 14.3 Å². The Balaban J connectivity index is 1.27. The minimum atomic E-state index is -0.649. The van der Waals surface area contributed by atoms with Gasteiger partial charge in [-0.15, -0.1) is 0 Å². The summed E-state index contributed by atoms with van der Waals surface area (Å²) in [6, 6.07) is 16.2. The van der Waals surface area contributed by atoms with Crippen molar-refractivity contribution in [2.24, 2.45) is 17.6 Å². The van der Waals surface area contributed by atoms with Gasteiger partial charge in [0.05, 0.1) is 0 Å². The van der Waals surface area contributed by atoms with E-state index in [0.29, 0.717) is 43.7 Å². The second-order valence-corrected chi connectivity index (χ2v) is 12.7. The molecule has 4 amide bonds. The van der Waals surface area contributed by atoms with Crippen molar-refractivity contribution in [3.63, 3.8) is 0 Å². The molecule has 228 valence electrons. The summed E-state index contributed by atoms with van der Waals surface area (Å²) in [5.74, 6) is -0.780. The van der Waals surface area contributed by atoms with E-state index in [1.807, 2.05) is 51.1 Å². The van der Waals surface area contributed by atoms with Crippen molar-refractivity contribution in [1.82, 2.24) is 15.2 Å². The summed E-state index contributed by atoms with van der Waals surface area (Å²) in [4.78, 5) is 56.2. The molecule has 2 heterocycles. The Morgan fingerprint density at radius 2 is 1.70 bits per heavy atom. The Morgan fingerprint density at radius 1 is 0.977 bits per heavy atom. The third-order valence-corrected chi connectivity index (χ3v) is 8.46. The predicted octanol–water partition coefficient (Wildman–Crippen LogP) is 4.92. The summed E-state index contributed by atoms with van der Waals surface area (Å²) < 4.78 is 5.34. The second-order valence-electron chi connectivity index (χ2n) is 12.7. The maximum atomic E-state index is 13.9. The number of carbonyl (C=O) groups is 4. The lowest BCUT2D eigenvalue weighted by molar-refractivity contribution is -0.141. The van der Waals surface area contributed by atoms with Crippen LogP contribution in [0, 0.1) is 11.8 Å². The number of ether oxygens (including phenoxy) is 1. The summed E-state index contributed by atoms with van der Waals surface area (Å²) in [7, 11) is 0. The van der Waals surface area contributed by atoms with Gasteiger partial charge in [0, 0.05) is 41.5 Å². The van der Waals surface area contributed by atoms with E-state index in [4.69, 9.17) is 10.5 Å². The number of nitrogens with one attached hydrogen (secondary N) is 3. The third kappa shape index (κ3) is 7.18. The summed E-state index contributed by atoms with van der Waals surface area (Å²) in [6.45, 7) is 6.53. The van der Waals surface area contributed by atoms with Gasteiger partial charge in [-0.05, 0) is 88.6 Å². The van der Waals surface area contributed by atoms with Gasteiger partial charge in [0.2, 0.25) is 11.8 Å². The molecule has 0 bridgehead atoms. The topological polar surface area (TPSA) is 147 Å². The van der Waals surface area contributed by atoms with Crippen molar-refractivity contribution >= 4 is 40.4 Å². The van der Waals surface area contributed by atoms with E-state index in [9.17, 15) is 19.2 Å². The lowest BCUT2D eigenvalue weighted by Crippen LogP contribution is -2.48. The lowest BCUT2D eigenvalue weighted by atomic mass is 9.81. The molecule has 1 aliphatic heterocycles. The number of anilines is 1. The molecule has 2 fully saturated rings. The number of primary amides is 1. The highest BCUT2D eigenvalue weighted by molar-refractivity contribution is 6.01. The molecular formula is C33H41N5O5. The van der Waals surface area contributed by atoms with Crippen molar-refractivity contribution in [2.75, 3.05) is 18.4 Å². The molecule has 1 aliphatic carbocycles. The Hall–Kier alpha value is -4.34. The predicted molar refractivity (Wildman–Crippen MR) is 164 cm³/mol. The van der Waals surface area contributed by atoms with E-state index in [1.165, 1.54) is 0 Å². The molecule has 0 radical (unpaired) electrons. The number of aromatic nitrogens is 1. The first-order valence-electron chi connectivity index (χ1n) is 15.0. The van der Waals surface area contributed by atoms with Crippen LogP contribution in [0.3, 0.4) is 0 Å². The number of fused-ring (bicyclic) bond motifs is 1. The standard InChI is InChI=1S/C33H41N5O5/c1-33(2,3)43-32(42)35-19-20-9-11-22(12-10-20)31(41)38-16-15-25(21-7-5-4-6-8-21)28(38)30(40)36-24-13-14-26-23(17-24)18-27(37-26)29(34)39/h4-8,13-14,17-18,20,22,25,28,37H,9-12,15-16,19H2,1-3H3,(H2,34,39)(H,35,42)(H,36,40). The Labute approximate surface area is 251 Å². The van der Waals surface area contributed by atoms with E-state index in [0.717, 1.165) is 29.3 Å².